The Morgan fingerprint density at radius 1 is 1.62 bits per heavy atom. The molecular formula is C7H4BrClF2IN. The van der Waals surface area contributed by atoms with Crippen LogP contribution in [0, 0.1) is 3.70 Å². The topological polar surface area (TPSA) is 12.9 Å². The average molecular weight is 382 g/mol. The van der Waals surface area contributed by atoms with Gasteiger partial charge in [-0.2, -0.15) is 0 Å². The van der Waals surface area contributed by atoms with E-state index in [4.69, 9.17) is 11.6 Å². The number of rotatable bonds is 2. The molecule has 72 valence electrons. The quantitative estimate of drug-likeness (QED) is 0.425. The summed E-state index contributed by atoms with van der Waals surface area (Å²) in [5, 5.41) is 0.350. The van der Waals surface area contributed by atoms with Crippen molar-refractivity contribution in [2.45, 2.75) is 11.8 Å². The van der Waals surface area contributed by atoms with Crippen molar-refractivity contribution >= 4 is 50.1 Å². The molecule has 1 heterocycles. The Kier molecular flexibility index (Phi) is 4.31. The molecule has 0 aromatic carbocycles. The van der Waals surface area contributed by atoms with Crippen LogP contribution in [0.2, 0.25) is 5.02 Å². The number of nitrogens with zero attached hydrogens (tertiary/aromatic N) is 1. The molecule has 1 aromatic heterocycles. The summed E-state index contributed by atoms with van der Waals surface area (Å²) in [6.45, 7) is 0. The van der Waals surface area contributed by atoms with Crippen LogP contribution in [0.4, 0.5) is 8.78 Å². The predicted octanol–water partition coefficient (Wildman–Crippen LogP) is 4.17. The van der Waals surface area contributed by atoms with Gasteiger partial charge in [-0.25, -0.2) is 13.8 Å². The van der Waals surface area contributed by atoms with Gasteiger partial charge in [0.1, 0.15) is 3.70 Å². The van der Waals surface area contributed by atoms with Crippen LogP contribution in [0.1, 0.15) is 17.6 Å². The Morgan fingerprint density at radius 2 is 2.23 bits per heavy atom. The average Bonchev–Trinajstić information content (AvgIpc) is 2.07. The summed E-state index contributed by atoms with van der Waals surface area (Å²) in [4.78, 5) is 3.88. The van der Waals surface area contributed by atoms with Gasteiger partial charge in [0.25, 0.3) is 6.43 Å². The lowest BCUT2D eigenvalue weighted by molar-refractivity contribution is 0.150. The van der Waals surface area contributed by atoms with E-state index in [1.165, 1.54) is 6.20 Å². The van der Waals surface area contributed by atoms with Crippen LogP contribution in [-0.4, -0.2) is 4.98 Å². The van der Waals surface area contributed by atoms with Crippen molar-refractivity contribution < 1.29 is 8.78 Å². The van der Waals surface area contributed by atoms with E-state index >= 15 is 0 Å². The van der Waals surface area contributed by atoms with Crippen LogP contribution in [0.5, 0.6) is 0 Å². The summed E-state index contributed by atoms with van der Waals surface area (Å²) in [7, 11) is 0. The van der Waals surface area contributed by atoms with Gasteiger partial charge in [-0.3, -0.25) is 0 Å². The largest absolute Gasteiger partial charge is 0.265 e. The summed E-state index contributed by atoms with van der Waals surface area (Å²) in [6.07, 6.45) is -1.31. The maximum atomic E-state index is 12.5. The third kappa shape index (κ3) is 2.50. The molecule has 0 N–H and O–H groups in total. The normalized spacial score (nSPS) is 10.9. The molecule has 0 atom stereocenters. The highest BCUT2D eigenvalue weighted by Crippen LogP contribution is 2.32. The van der Waals surface area contributed by atoms with E-state index in [0.29, 0.717) is 14.6 Å². The molecule has 6 heteroatoms. The zero-order valence-corrected chi connectivity index (χ0v) is 10.7. The number of hydrogen-bond acceptors (Lipinski definition) is 1. The first-order valence-corrected chi connectivity index (χ1v) is 5.82. The van der Waals surface area contributed by atoms with Crippen molar-refractivity contribution in [3.05, 3.63) is 26.0 Å². The van der Waals surface area contributed by atoms with Gasteiger partial charge in [-0.15, -0.1) is 0 Å². The SMILES string of the molecule is FC(F)c1c(Cl)cnc(I)c1CBr. The molecule has 0 unspecified atom stereocenters. The van der Waals surface area contributed by atoms with Gasteiger partial charge in [0.05, 0.1) is 5.02 Å². The molecule has 1 nitrogen and oxygen atoms in total. The second-order valence-corrected chi connectivity index (χ2v) is 4.21. The van der Waals surface area contributed by atoms with Gasteiger partial charge in [0.2, 0.25) is 0 Å². The summed E-state index contributed by atoms with van der Waals surface area (Å²) in [6, 6.07) is 0. The Balaban J connectivity index is 3.35. The maximum Gasteiger partial charge on any atom is 0.265 e. The minimum atomic E-state index is -2.56. The van der Waals surface area contributed by atoms with Gasteiger partial charge in [-0.1, -0.05) is 27.5 Å². The van der Waals surface area contributed by atoms with Crippen LogP contribution in [0.3, 0.4) is 0 Å². The molecule has 1 aromatic rings. The summed E-state index contributed by atoms with van der Waals surface area (Å²) >= 11 is 10.6. The molecule has 0 fully saturated rings. The maximum absolute atomic E-state index is 12.5. The summed E-state index contributed by atoms with van der Waals surface area (Å²) in [5.74, 6) is 0. The number of alkyl halides is 3. The van der Waals surface area contributed by atoms with Gasteiger partial charge >= 0.3 is 0 Å². The van der Waals surface area contributed by atoms with Crippen LogP contribution in [-0.2, 0) is 5.33 Å². The first-order chi connectivity index (χ1) is 6.07. The molecule has 0 aliphatic carbocycles. The lowest BCUT2D eigenvalue weighted by atomic mass is 10.2. The molecule has 0 aliphatic heterocycles. The minimum Gasteiger partial charge on any atom is -0.248 e. The van der Waals surface area contributed by atoms with Crippen molar-refractivity contribution in [1.29, 1.82) is 0 Å². The monoisotopic (exact) mass is 381 g/mol. The van der Waals surface area contributed by atoms with Crippen molar-refractivity contribution in [1.82, 2.24) is 4.98 Å². The third-order valence-electron chi connectivity index (χ3n) is 1.47. The van der Waals surface area contributed by atoms with E-state index in [9.17, 15) is 8.78 Å². The van der Waals surface area contributed by atoms with E-state index < -0.39 is 6.43 Å². The number of pyridine rings is 1. The highest BCUT2D eigenvalue weighted by Gasteiger charge is 2.19. The molecule has 0 saturated heterocycles. The Labute approximate surface area is 101 Å². The Bertz CT molecular complexity index is 322. The molecular weight excluding hydrogens is 378 g/mol. The van der Waals surface area contributed by atoms with Gasteiger partial charge in [0.15, 0.2) is 0 Å². The molecule has 0 bridgehead atoms. The van der Waals surface area contributed by atoms with E-state index in [1.54, 1.807) is 0 Å². The zero-order valence-electron chi connectivity index (χ0n) is 6.20. The molecule has 0 spiro atoms. The van der Waals surface area contributed by atoms with Crippen LogP contribution in [0.25, 0.3) is 0 Å². The third-order valence-corrected chi connectivity index (χ3v) is 3.27. The van der Waals surface area contributed by atoms with E-state index in [1.807, 2.05) is 22.6 Å². The zero-order chi connectivity index (χ0) is 10.0. The first-order valence-electron chi connectivity index (χ1n) is 3.24. The molecule has 13 heavy (non-hydrogen) atoms. The Morgan fingerprint density at radius 3 is 2.62 bits per heavy atom. The molecule has 0 amide bonds. The fourth-order valence-electron chi connectivity index (χ4n) is 0.879. The molecule has 1 rings (SSSR count). The van der Waals surface area contributed by atoms with E-state index in [2.05, 4.69) is 20.9 Å². The van der Waals surface area contributed by atoms with Crippen LogP contribution >= 0.6 is 50.1 Å². The number of halogens is 5. The van der Waals surface area contributed by atoms with Gasteiger partial charge in [-0.05, 0) is 22.6 Å². The molecule has 0 radical (unpaired) electrons. The highest BCUT2D eigenvalue weighted by atomic mass is 127. The van der Waals surface area contributed by atoms with Crippen molar-refractivity contribution in [2.75, 3.05) is 0 Å². The van der Waals surface area contributed by atoms with Crippen molar-refractivity contribution in [3.63, 3.8) is 0 Å². The van der Waals surface area contributed by atoms with E-state index in [-0.39, 0.29) is 10.6 Å². The van der Waals surface area contributed by atoms with Gasteiger partial charge in [0, 0.05) is 22.7 Å². The van der Waals surface area contributed by atoms with E-state index in [0.717, 1.165) is 0 Å². The molecule has 0 saturated carbocycles. The number of aromatic nitrogens is 1. The Hall–Kier alpha value is 0.510. The minimum absolute atomic E-state index is 0.0184. The standard InChI is InChI=1S/C7H4BrClF2IN/c8-1-3-5(6(10)11)4(9)2-13-7(3)12/h2,6H,1H2. The fraction of sp³-hybridized carbons (Fsp3) is 0.286. The van der Waals surface area contributed by atoms with Crippen LogP contribution in [0.15, 0.2) is 6.20 Å². The second kappa shape index (κ2) is 4.84. The van der Waals surface area contributed by atoms with Gasteiger partial charge < -0.3 is 0 Å². The smallest absolute Gasteiger partial charge is 0.248 e. The predicted molar refractivity (Wildman–Crippen MR) is 59.6 cm³/mol. The lowest BCUT2D eigenvalue weighted by Gasteiger charge is -2.09. The lowest BCUT2D eigenvalue weighted by Crippen LogP contribution is -1.99. The number of hydrogen-bond donors (Lipinski definition) is 0. The fourth-order valence-corrected chi connectivity index (χ4v) is 2.84. The van der Waals surface area contributed by atoms with Crippen molar-refractivity contribution in [3.8, 4) is 0 Å². The second-order valence-electron chi connectivity index (χ2n) is 2.22. The molecule has 0 aliphatic rings. The van der Waals surface area contributed by atoms with Crippen LogP contribution < -0.4 is 0 Å². The van der Waals surface area contributed by atoms with Crippen molar-refractivity contribution in [2.24, 2.45) is 0 Å². The first kappa shape index (κ1) is 11.6. The highest BCUT2D eigenvalue weighted by molar-refractivity contribution is 14.1. The summed E-state index contributed by atoms with van der Waals surface area (Å²) < 4.78 is 25.6. The summed E-state index contributed by atoms with van der Waals surface area (Å²) in [5.41, 5.74) is 0.334.